The van der Waals surface area contributed by atoms with Crippen molar-refractivity contribution >= 4 is 40.9 Å². The average molecular weight is 405 g/mol. The van der Waals surface area contributed by atoms with Crippen LogP contribution in [-0.2, 0) is 11.3 Å². The van der Waals surface area contributed by atoms with E-state index in [1.807, 2.05) is 37.3 Å². The van der Waals surface area contributed by atoms with Gasteiger partial charge >= 0.3 is 0 Å². The summed E-state index contributed by atoms with van der Waals surface area (Å²) in [6.45, 7) is 3.93. The van der Waals surface area contributed by atoms with Crippen LogP contribution in [0.1, 0.15) is 30.9 Å². The SMILES string of the molecule is CCCC(=O)Nc1ccc(CNCC2=Cc3cc(Cl)cc(Cl)c3OC2)cc1. The van der Waals surface area contributed by atoms with Gasteiger partial charge in [0, 0.05) is 35.8 Å². The fourth-order valence-electron chi connectivity index (χ4n) is 2.89. The second-order valence-electron chi connectivity index (χ2n) is 6.50. The Bertz CT molecular complexity index is 848. The van der Waals surface area contributed by atoms with Gasteiger partial charge < -0.3 is 15.4 Å². The van der Waals surface area contributed by atoms with E-state index in [0.29, 0.717) is 35.4 Å². The quantitative estimate of drug-likeness (QED) is 0.658. The van der Waals surface area contributed by atoms with Gasteiger partial charge in [0.05, 0.1) is 5.02 Å². The number of anilines is 1. The third kappa shape index (κ3) is 5.48. The summed E-state index contributed by atoms with van der Waals surface area (Å²) in [6.07, 6.45) is 3.45. The number of carbonyl (C=O) groups excluding carboxylic acids is 1. The normalized spacial score (nSPS) is 12.8. The smallest absolute Gasteiger partial charge is 0.224 e. The number of halogens is 2. The molecule has 0 radical (unpaired) electrons. The van der Waals surface area contributed by atoms with Crippen molar-refractivity contribution in [1.29, 1.82) is 0 Å². The molecule has 4 nitrogen and oxygen atoms in total. The minimum atomic E-state index is 0.0492. The zero-order chi connectivity index (χ0) is 19.2. The molecule has 0 aliphatic carbocycles. The number of hydrogen-bond donors (Lipinski definition) is 2. The first-order valence-corrected chi connectivity index (χ1v) is 9.71. The van der Waals surface area contributed by atoms with Crippen LogP contribution in [0.25, 0.3) is 6.08 Å². The van der Waals surface area contributed by atoms with Crippen LogP contribution < -0.4 is 15.4 Å². The summed E-state index contributed by atoms with van der Waals surface area (Å²) < 4.78 is 5.76. The third-order valence-corrected chi connectivity index (χ3v) is 4.69. The van der Waals surface area contributed by atoms with Crippen molar-refractivity contribution in [3.63, 3.8) is 0 Å². The van der Waals surface area contributed by atoms with Crippen molar-refractivity contribution in [2.45, 2.75) is 26.3 Å². The molecule has 0 spiro atoms. The van der Waals surface area contributed by atoms with E-state index in [4.69, 9.17) is 27.9 Å². The average Bonchev–Trinajstić information content (AvgIpc) is 2.63. The molecule has 0 fully saturated rings. The monoisotopic (exact) mass is 404 g/mol. The number of hydrogen-bond acceptors (Lipinski definition) is 3. The molecule has 1 amide bonds. The second kappa shape index (κ2) is 9.27. The molecule has 142 valence electrons. The Hall–Kier alpha value is -2.01. The van der Waals surface area contributed by atoms with Crippen molar-refractivity contribution in [3.8, 4) is 5.75 Å². The highest BCUT2D eigenvalue weighted by atomic mass is 35.5. The van der Waals surface area contributed by atoms with Gasteiger partial charge in [-0.3, -0.25) is 4.79 Å². The zero-order valence-corrected chi connectivity index (χ0v) is 16.7. The zero-order valence-electron chi connectivity index (χ0n) is 15.1. The first-order valence-electron chi connectivity index (χ1n) is 8.96. The van der Waals surface area contributed by atoms with E-state index in [2.05, 4.69) is 16.7 Å². The Morgan fingerprint density at radius 1 is 1.15 bits per heavy atom. The molecule has 2 aromatic rings. The first kappa shape index (κ1) is 19.7. The Labute approximate surface area is 169 Å². The van der Waals surface area contributed by atoms with Gasteiger partial charge in [0.2, 0.25) is 5.91 Å². The minimum absolute atomic E-state index is 0.0492. The maximum atomic E-state index is 11.6. The summed E-state index contributed by atoms with van der Waals surface area (Å²) in [5.74, 6) is 0.735. The maximum absolute atomic E-state index is 11.6. The second-order valence-corrected chi connectivity index (χ2v) is 7.34. The number of benzene rings is 2. The molecule has 0 saturated heterocycles. The molecule has 3 rings (SSSR count). The Kier molecular flexibility index (Phi) is 6.78. The van der Waals surface area contributed by atoms with Gasteiger partial charge in [-0.25, -0.2) is 0 Å². The Balaban J connectivity index is 1.52. The summed E-state index contributed by atoms with van der Waals surface area (Å²) >= 11 is 12.2. The molecule has 1 heterocycles. The molecule has 2 N–H and O–H groups in total. The predicted molar refractivity (Wildman–Crippen MR) is 112 cm³/mol. The highest BCUT2D eigenvalue weighted by Gasteiger charge is 2.15. The lowest BCUT2D eigenvalue weighted by Crippen LogP contribution is -2.21. The lowest BCUT2D eigenvalue weighted by molar-refractivity contribution is -0.116. The fraction of sp³-hybridized carbons (Fsp3) is 0.286. The van der Waals surface area contributed by atoms with E-state index in [1.165, 1.54) is 0 Å². The molecule has 0 atom stereocenters. The Morgan fingerprint density at radius 2 is 1.93 bits per heavy atom. The third-order valence-electron chi connectivity index (χ3n) is 4.19. The van der Waals surface area contributed by atoms with E-state index < -0.39 is 0 Å². The molecular weight excluding hydrogens is 383 g/mol. The summed E-state index contributed by atoms with van der Waals surface area (Å²) in [6, 6.07) is 11.4. The van der Waals surface area contributed by atoms with Gasteiger partial charge in [-0.15, -0.1) is 0 Å². The van der Waals surface area contributed by atoms with Crippen LogP contribution in [-0.4, -0.2) is 19.1 Å². The van der Waals surface area contributed by atoms with Gasteiger partial charge in [-0.05, 0) is 47.9 Å². The van der Waals surface area contributed by atoms with Crippen molar-refractivity contribution in [2.75, 3.05) is 18.5 Å². The van der Waals surface area contributed by atoms with Gasteiger partial charge in [0.15, 0.2) is 0 Å². The molecule has 2 aromatic carbocycles. The van der Waals surface area contributed by atoms with E-state index in [-0.39, 0.29) is 5.91 Å². The van der Waals surface area contributed by atoms with Crippen molar-refractivity contribution in [1.82, 2.24) is 5.32 Å². The topological polar surface area (TPSA) is 50.4 Å². The molecule has 0 aromatic heterocycles. The van der Waals surface area contributed by atoms with Crippen LogP contribution in [0.3, 0.4) is 0 Å². The number of carbonyl (C=O) groups is 1. The van der Waals surface area contributed by atoms with Crippen molar-refractivity contribution < 1.29 is 9.53 Å². The molecule has 1 aliphatic heterocycles. The standard InChI is InChI=1S/C21H22Cl2N2O2/c1-2-3-20(26)25-18-6-4-14(5-7-18)11-24-12-15-8-16-9-17(22)10-19(23)21(16)27-13-15/h4-10,24H,2-3,11-13H2,1H3,(H,25,26). The van der Waals surface area contributed by atoms with E-state index in [9.17, 15) is 4.79 Å². The lowest BCUT2D eigenvalue weighted by Gasteiger charge is -2.19. The van der Waals surface area contributed by atoms with Gasteiger partial charge in [-0.1, -0.05) is 42.3 Å². The van der Waals surface area contributed by atoms with Crippen LogP contribution in [0.15, 0.2) is 42.0 Å². The maximum Gasteiger partial charge on any atom is 0.224 e. The van der Waals surface area contributed by atoms with Crippen LogP contribution in [0.5, 0.6) is 5.75 Å². The van der Waals surface area contributed by atoms with Crippen LogP contribution in [0, 0.1) is 0 Å². The van der Waals surface area contributed by atoms with Crippen LogP contribution in [0.4, 0.5) is 5.69 Å². The highest BCUT2D eigenvalue weighted by molar-refractivity contribution is 6.36. The summed E-state index contributed by atoms with van der Waals surface area (Å²) in [5.41, 5.74) is 4.00. The molecule has 0 saturated carbocycles. The van der Waals surface area contributed by atoms with E-state index >= 15 is 0 Å². The van der Waals surface area contributed by atoms with Gasteiger partial charge in [0.1, 0.15) is 12.4 Å². The molecule has 0 unspecified atom stereocenters. The Morgan fingerprint density at radius 3 is 2.67 bits per heavy atom. The van der Waals surface area contributed by atoms with Crippen LogP contribution >= 0.6 is 23.2 Å². The van der Waals surface area contributed by atoms with Gasteiger partial charge in [0.25, 0.3) is 0 Å². The van der Waals surface area contributed by atoms with E-state index in [0.717, 1.165) is 35.4 Å². The first-order chi connectivity index (χ1) is 13.0. The minimum Gasteiger partial charge on any atom is -0.487 e. The molecule has 27 heavy (non-hydrogen) atoms. The largest absolute Gasteiger partial charge is 0.487 e. The number of fused-ring (bicyclic) bond motifs is 1. The number of rotatable bonds is 7. The van der Waals surface area contributed by atoms with Crippen LogP contribution in [0.2, 0.25) is 10.0 Å². The molecular formula is C21H22Cl2N2O2. The lowest BCUT2D eigenvalue weighted by atomic mass is 10.1. The van der Waals surface area contributed by atoms with Crippen molar-refractivity contribution in [2.24, 2.45) is 0 Å². The molecule has 0 bridgehead atoms. The predicted octanol–water partition coefficient (Wildman–Crippen LogP) is 5.30. The number of ether oxygens (including phenoxy) is 1. The molecule has 6 heteroatoms. The summed E-state index contributed by atoms with van der Waals surface area (Å²) in [7, 11) is 0. The fourth-order valence-corrected chi connectivity index (χ4v) is 3.46. The number of nitrogens with one attached hydrogen (secondary N) is 2. The van der Waals surface area contributed by atoms with Crippen molar-refractivity contribution in [3.05, 3.63) is 63.1 Å². The van der Waals surface area contributed by atoms with E-state index in [1.54, 1.807) is 6.07 Å². The highest BCUT2D eigenvalue weighted by Crippen LogP contribution is 2.36. The summed E-state index contributed by atoms with van der Waals surface area (Å²) in [5, 5.41) is 7.43. The van der Waals surface area contributed by atoms with Gasteiger partial charge in [-0.2, -0.15) is 0 Å². The number of amides is 1. The summed E-state index contributed by atoms with van der Waals surface area (Å²) in [4.78, 5) is 11.6. The molecule has 1 aliphatic rings.